The Morgan fingerprint density at radius 3 is 2.68 bits per heavy atom. The van der Waals surface area contributed by atoms with Crippen molar-refractivity contribution >= 4 is 34.5 Å². The molecule has 0 saturated carbocycles. The number of carbonyl (C=O) groups is 1. The zero-order valence-electron chi connectivity index (χ0n) is 13.4. The molecule has 10 heteroatoms. The monoisotopic (exact) mass is 375 g/mol. The number of carboxylic acids is 1. The van der Waals surface area contributed by atoms with Gasteiger partial charge < -0.3 is 15.2 Å². The number of methoxy groups -OCH3 is 1. The number of benzene rings is 1. The molecule has 0 saturated heterocycles. The van der Waals surface area contributed by atoms with Gasteiger partial charge in [-0.3, -0.25) is 0 Å². The third-order valence-corrected chi connectivity index (χ3v) is 4.02. The van der Waals surface area contributed by atoms with Gasteiger partial charge in [0, 0.05) is 11.5 Å². The first-order chi connectivity index (χ1) is 11.8. The van der Waals surface area contributed by atoms with Crippen molar-refractivity contribution in [1.82, 2.24) is 9.97 Å². The van der Waals surface area contributed by atoms with Crippen molar-refractivity contribution in [2.24, 2.45) is 0 Å². The standard InChI is InChI=1S/C15H16F3N3O3S/c1-24-8-3-4-9-11(7-8)20-14(15(16,17)18)21-12(9)19-10(13(22)23)5-6-25-2/h3-4,7,10H,5-6H2,1-2H3,(H,22,23)(H,19,20,21). The number of rotatable bonds is 7. The topological polar surface area (TPSA) is 84.3 Å². The molecule has 0 radical (unpaired) electrons. The van der Waals surface area contributed by atoms with E-state index in [1.807, 2.05) is 6.26 Å². The van der Waals surface area contributed by atoms with Crippen LogP contribution < -0.4 is 10.1 Å². The van der Waals surface area contributed by atoms with Crippen LogP contribution in [0.2, 0.25) is 0 Å². The molecule has 2 rings (SSSR count). The Labute approximate surface area is 145 Å². The smallest absolute Gasteiger partial charge is 0.451 e. The normalized spacial score (nSPS) is 12.8. The Morgan fingerprint density at radius 2 is 2.12 bits per heavy atom. The predicted molar refractivity (Wildman–Crippen MR) is 89.1 cm³/mol. The lowest BCUT2D eigenvalue weighted by Crippen LogP contribution is -2.31. The van der Waals surface area contributed by atoms with Gasteiger partial charge in [0.2, 0.25) is 5.82 Å². The molecule has 1 heterocycles. The minimum Gasteiger partial charge on any atom is -0.497 e. The number of halogens is 3. The summed E-state index contributed by atoms with van der Waals surface area (Å²) >= 11 is 1.44. The number of nitrogens with one attached hydrogen (secondary N) is 1. The third kappa shape index (κ3) is 4.65. The first kappa shape index (κ1) is 19.1. The molecule has 25 heavy (non-hydrogen) atoms. The van der Waals surface area contributed by atoms with E-state index >= 15 is 0 Å². The lowest BCUT2D eigenvalue weighted by atomic mass is 10.2. The zero-order chi connectivity index (χ0) is 18.6. The van der Waals surface area contributed by atoms with Gasteiger partial charge >= 0.3 is 12.1 Å². The number of hydrogen-bond donors (Lipinski definition) is 2. The van der Waals surface area contributed by atoms with E-state index in [9.17, 15) is 23.1 Å². The SMILES string of the molecule is COc1ccc2c(NC(CCSC)C(=O)O)nc(C(F)(F)F)nc2c1. The number of aliphatic carboxylic acids is 1. The van der Waals surface area contributed by atoms with E-state index in [-0.39, 0.29) is 23.1 Å². The number of fused-ring (bicyclic) bond motifs is 1. The number of thioether (sulfide) groups is 1. The molecule has 1 aromatic carbocycles. The van der Waals surface area contributed by atoms with Gasteiger partial charge in [-0.05, 0) is 30.6 Å². The number of nitrogens with zero attached hydrogens (tertiary/aromatic N) is 2. The summed E-state index contributed by atoms with van der Waals surface area (Å²) in [6, 6.07) is 3.31. The van der Waals surface area contributed by atoms with Gasteiger partial charge in [0.1, 0.15) is 17.6 Å². The minimum atomic E-state index is -4.76. The van der Waals surface area contributed by atoms with Crippen molar-refractivity contribution in [3.8, 4) is 5.75 Å². The van der Waals surface area contributed by atoms with Gasteiger partial charge in [-0.25, -0.2) is 14.8 Å². The minimum absolute atomic E-state index is 0.0122. The molecular formula is C15H16F3N3O3S. The second-order valence-corrected chi connectivity index (χ2v) is 6.08. The van der Waals surface area contributed by atoms with Gasteiger partial charge in [0.05, 0.1) is 12.6 Å². The Bertz CT molecular complexity index is 771. The molecule has 2 N–H and O–H groups in total. The average Bonchev–Trinajstić information content (AvgIpc) is 2.56. The fraction of sp³-hybridized carbons (Fsp3) is 0.400. The second-order valence-electron chi connectivity index (χ2n) is 5.09. The van der Waals surface area contributed by atoms with Gasteiger partial charge in [-0.15, -0.1) is 0 Å². The first-order valence-corrected chi connectivity index (χ1v) is 8.57. The molecule has 0 aliphatic rings. The summed E-state index contributed by atoms with van der Waals surface area (Å²) in [5, 5.41) is 12.2. The second kappa shape index (κ2) is 7.77. The quantitative estimate of drug-likeness (QED) is 0.768. The fourth-order valence-corrected chi connectivity index (χ4v) is 2.60. The molecule has 0 bridgehead atoms. The van der Waals surface area contributed by atoms with E-state index < -0.39 is 24.0 Å². The predicted octanol–water partition coefficient (Wildman–Crippen LogP) is 3.28. The highest BCUT2D eigenvalue weighted by Gasteiger charge is 2.36. The van der Waals surface area contributed by atoms with Gasteiger partial charge in [-0.2, -0.15) is 24.9 Å². The Hall–Kier alpha value is -2.23. The molecular weight excluding hydrogens is 359 g/mol. The maximum atomic E-state index is 13.1. The van der Waals surface area contributed by atoms with Gasteiger partial charge in [0.25, 0.3) is 0 Å². The molecule has 0 amide bonds. The van der Waals surface area contributed by atoms with Crippen LogP contribution in [0, 0.1) is 0 Å². The van der Waals surface area contributed by atoms with Crippen LogP contribution in [-0.4, -0.2) is 46.2 Å². The maximum Gasteiger partial charge on any atom is 0.451 e. The molecule has 0 aliphatic carbocycles. The number of ether oxygens (including phenoxy) is 1. The molecule has 136 valence electrons. The van der Waals surface area contributed by atoms with Crippen molar-refractivity contribution in [2.75, 3.05) is 24.4 Å². The molecule has 1 atom stereocenters. The van der Waals surface area contributed by atoms with Crippen molar-refractivity contribution in [1.29, 1.82) is 0 Å². The van der Waals surface area contributed by atoms with E-state index in [1.54, 1.807) is 6.07 Å². The van der Waals surface area contributed by atoms with Crippen LogP contribution in [0.3, 0.4) is 0 Å². The Kier molecular flexibility index (Phi) is 5.93. The summed E-state index contributed by atoms with van der Waals surface area (Å²) in [6.07, 6.45) is -2.71. The number of anilines is 1. The molecule has 1 aromatic heterocycles. The van der Waals surface area contributed by atoms with Crippen molar-refractivity contribution in [3.05, 3.63) is 24.0 Å². The lowest BCUT2D eigenvalue weighted by molar-refractivity contribution is -0.144. The summed E-state index contributed by atoms with van der Waals surface area (Å²) in [5.74, 6) is -1.81. The fourth-order valence-electron chi connectivity index (χ4n) is 2.13. The average molecular weight is 375 g/mol. The first-order valence-electron chi connectivity index (χ1n) is 7.17. The van der Waals surface area contributed by atoms with Crippen LogP contribution in [0.25, 0.3) is 10.9 Å². The van der Waals surface area contributed by atoms with E-state index in [4.69, 9.17) is 4.74 Å². The molecule has 6 nitrogen and oxygen atoms in total. The summed E-state index contributed by atoms with van der Waals surface area (Å²) in [4.78, 5) is 18.4. The third-order valence-electron chi connectivity index (χ3n) is 3.38. The largest absolute Gasteiger partial charge is 0.497 e. The maximum absolute atomic E-state index is 13.1. The number of alkyl halides is 3. The van der Waals surface area contributed by atoms with Crippen molar-refractivity contribution in [2.45, 2.75) is 18.6 Å². The van der Waals surface area contributed by atoms with Crippen LogP contribution in [0.15, 0.2) is 18.2 Å². The van der Waals surface area contributed by atoms with E-state index in [0.717, 1.165) is 0 Å². The van der Waals surface area contributed by atoms with E-state index in [2.05, 4.69) is 15.3 Å². The zero-order valence-corrected chi connectivity index (χ0v) is 14.2. The highest BCUT2D eigenvalue weighted by molar-refractivity contribution is 7.98. The number of hydrogen-bond acceptors (Lipinski definition) is 6. The molecule has 0 fully saturated rings. The molecule has 0 aliphatic heterocycles. The van der Waals surface area contributed by atoms with Crippen molar-refractivity contribution < 1.29 is 27.8 Å². The van der Waals surface area contributed by atoms with E-state index in [1.165, 1.54) is 31.0 Å². The van der Waals surface area contributed by atoms with Crippen LogP contribution >= 0.6 is 11.8 Å². The molecule has 1 unspecified atom stereocenters. The Balaban J connectivity index is 2.53. The van der Waals surface area contributed by atoms with Crippen LogP contribution in [0.4, 0.5) is 19.0 Å². The molecule has 2 aromatic rings. The van der Waals surface area contributed by atoms with Crippen LogP contribution in [-0.2, 0) is 11.0 Å². The Morgan fingerprint density at radius 1 is 1.40 bits per heavy atom. The molecule has 0 spiro atoms. The number of aromatic nitrogens is 2. The van der Waals surface area contributed by atoms with Gasteiger partial charge in [-0.1, -0.05) is 0 Å². The van der Waals surface area contributed by atoms with E-state index in [0.29, 0.717) is 11.5 Å². The highest BCUT2D eigenvalue weighted by atomic mass is 32.2. The summed E-state index contributed by atoms with van der Waals surface area (Å²) in [7, 11) is 1.38. The van der Waals surface area contributed by atoms with Crippen LogP contribution in [0.1, 0.15) is 12.2 Å². The lowest BCUT2D eigenvalue weighted by Gasteiger charge is -2.17. The van der Waals surface area contributed by atoms with Crippen LogP contribution in [0.5, 0.6) is 5.75 Å². The summed E-state index contributed by atoms with van der Waals surface area (Å²) < 4.78 is 44.2. The number of carboxylic acid groups (broad SMARTS) is 1. The van der Waals surface area contributed by atoms with Crippen molar-refractivity contribution in [3.63, 3.8) is 0 Å². The van der Waals surface area contributed by atoms with Gasteiger partial charge in [0.15, 0.2) is 0 Å². The highest BCUT2D eigenvalue weighted by Crippen LogP contribution is 2.32. The summed E-state index contributed by atoms with van der Waals surface area (Å²) in [6.45, 7) is 0. The summed E-state index contributed by atoms with van der Waals surface area (Å²) in [5.41, 5.74) is 0.0122.